The minimum Gasteiger partial charge on any atom is -0.494 e. The molecule has 0 amide bonds. The second-order valence-corrected chi connectivity index (χ2v) is 18.7. The highest BCUT2D eigenvalue weighted by Crippen LogP contribution is 2.33. The maximum Gasteiger partial charge on any atom is 0.227 e. The van der Waals surface area contributed by atoms with Crippen LogP contribution in [0.2, 0.25) is 0 Å². The molecule has 0 spiro atoms. The maximum atomic E-state index is 15.8. The summed E-state index contributed by atoms with van der Waals surface area (Å²) < 4.78 is 21.6. The van der Waals surface area contributed by atoms with Gasteiger partial charge in [0.1, 0.15) is 30.3 Å². The maximum absolute atomic E-state index is 15.8. The van der Waals surface area contributed by atoms with Crippen LogP contribution in [0.3, 0.4) is 0 Å². The molecule has 388 valence electrons. The summed E-state index contributed by atoms with van der Waals surface area (Å²) in [5, 5.41) is 6.70. The number of Topliss-reactive ketones (excluding diaryl/α,β-unsaturated/α-hetero) is 3. The average Bonchev–Trinajstić information content (AvgIpc) is 3.55. The first-order valence-corrected chi connectivity index (χ1v) is 24.7. The third-order valence-corrected chi connectivity index (χ3v) is 14.3. The van der Waals surface area contributed by atoms with Gasteiger partial charge in [-0.2, -0.15) is 0 Å². The van der Waals surface area contributed by atoms with Crippen LogP contribution in [-0.2, 0) is 33.7 Å². The molecule has 2 N–H and O–H groups in total. The van der Waals surface area contributed by atoms with Crippen molar-refractivity contribution < 1.29 is 34.0 Å². The number of anilines is 3. The average molecular weight is 987 g/mol. The van der Waals surface area contributed by atoms with Crippen molar-refractivity contribution in [1.29, 1.82) is 0 Å². The molecule has 4 aliphatic heterocycles. The van der Waals surface area contributed by atoms with Gasteiger partial charge in [0.05, 0.1) is 23.6 Å². The first kappa shape index (κ1) is 54.2. The number of piperazine rings is 1. The molecule has 1 unspecified atom stereocenters. The summed E-state index contributed by atoms with van der Waals surface area (Å²) >= 11 is 0. The van der Waals surface area contributed by atoms with Crippen LogP contribution in [0.1, 0.15) is 110 Å². The summed E-state index contributed by atoms with van der Waals surface area (Å²) in [7, 11) is 0. The number of carbonyl (C=O) groups excluding carboxylic acids is 4. The summed E-state index contributed by atoms with van der Waals surface area (Å²) in [4.78, 5) is 66.1. The molecule has 2 aromatic carbocycles. The Hall–Kier alpha value is -7.11. The number of aromatic nitrogens is 2. The number of nitrogens with one attached hydrogen (secondary N) is 2. The lowest BCUT2D eigenvalue weighted by atomic mass is 9.87. The number of fused-ring (bicyclic) bond motifs is 1. The predicted molar refractivity (Wildman–Crippen MR) is 292 cm³/mol. The fourth-order valence-corrected chi connectivity index (χ4v) is 10.2. The first-order chi connectivity index (χ1) is 34.3. The molecule has 1 saturated carbocycles. The Kier molecular flexibility index (Phi) is 19.1. The van der Waals surface area contributed by atoms with Crippen LogP contribution in [0.4, 0.5) is 21.7 Å². The number of rotatable bonds is 16. The molecule has 14 heteroatoms. The molecule has 5 aliphatic rings. The number of hydrogen-bond acceptors (Lipinski definition) is 13. The molecule has 1 aromatic heterocycles. The number of allylic oxidation sites excluding steroid dienone is 6. The topological polar surface area (TPSA) is 140 Å². The van der Waals surface area contributed by atoms with Gasteiger partial charge in [-0.3, -0.25) is 24.1 Å². The molecule has 3 fully saturated rings. The quantitative estimate of drug-likeness (QED) is 0.0352. The molecule has 0 radical (unpaired) electrons. The molecule has 5 heterocycles. The fourth-order valence-electron chi connectivity index (χ4n) is 10.2. The van der Waals surface area contributed by atoms with E-state index in [9.17, 15) is 14.4 Å². The smallest absolute Gasteiger partial charge is 0.227 e. The lowest BCUT2D eigenvalue weighted by Gasteiger charge is -2.49. The molecule has 1 aliphatic carbocycles. The van der Waals surface area contributed by atoms with E-state index < -0.39 is 0 Å². The van der Waals surface area contributed by atoms with Crippen LogP contribution in [0.15, 0.2) is 127 Å². The first-order valence-electron chi connectivity index (χ1n) is 24.7. The Balaban J connectivity index is 0.00000212. The van der Waals surface area contributed by atoms with Crippen molar-refractivity contribution in [2.75, 3.05) is 69.2 Å². The van der Waals surface area contributed by atoms with Gasteiger partial charge < -0.3 is 30.1 Å². The highest BCUT2D eigenvalue weighted by atomic mass is 19.1. The SMILES string of the molecule is C.C=C=C1CCC(=O)CCC1CCC(=O)c1cc(N2CC(N3CCN(C(=C=C)Cc4ccc(Nc5ncc6c(n5)CN(/C(C=C)=C(\C)C5=C(C)OCCN5)CC6)cc4F)CC3)C2)ccc1C(C)=O.C=CC=O.[HH].[HH].[HH].[HH]. The number of halogens is 1. The molecule has 2 saturated heterocycles. The van der Waals surface area contributed by atoms with Crippen LogP contribution in [0.25, 0.3) is 0 Å². The lowest BCUT2D eigenvalue weighted by Crippen LogP contribution is -2.63. The van der Waals surface area contributed by atoms with Gasteiger partial charge in [0.2, 0.25) is 5.95 Å². The second-order valence-electron chi connectivity index (χ2n) is 18.7. The van der Waals surface area contributed by atoms with Crippen molar-refractivity contribution in [3.05, 3.63) is 160 Å². The zero-order valence-corrected chi connectivity index (χ0v) is 41.6. The second kappa shape index (κ2) is 25.3. The van der Waals surface area contributed by atoms with Crippen molar-refractivity contribution in [2.45, 2.75) is 92.2 Å². The van der Waals surface area contributed by atoms with Crippen LogP contribution >= 0.6 is 0 Å². The third kappa shape index (κ3) is 13.0. The van der Waals surface area contributed by atoms with Gasteiger partial charge in [0.25, 0.3) is 0 Å². The third-order valence-electron chi connectivity index (χ3n) is 14.3. The summed E-state index contributed by atoms with van der Waals surface area (Å²) in [6, 6.07) is 11.1. The van der Waals surface area contributed by atoms with Gasteiger partial charge in [0, 0.05) is 124 Å². The highest BCUT2D eigenvalue weighted by molar-refractivity contribution is 6.08. The van der Waals surface area contributed by atoms with Crippen molar-refractivity contribution in [2.24, 2.45) is 5.92 Å². The number of carbonyl (C=O) groups is 4. The number of benzene rings is 2. The molecular weight excluding hydrogens is 908 g/mol. The normalized spacial score (nSPS) is 18.4. The van der Waals surface area contributed by atoms with Crippen LogP contribution in [-0.4, -0.2) is 113 Å². The van der Waals surface area contributed by atoms with Crippen LogP contribution < -0.4 is 15.5 Å². The molecule has 13 nitrogen and oxygen atoms in total. The number of aldehydes is 1. The van der Waals surface area contributed by atoms with E-state index in [2.05, 4.69) is 79.9 Å². The van der Waals surface area contributed by atoms with Crippen molar-refractivity contribution in [3.8, 4) is 0 Å². The Morgan fingerprint density at radius 1 is 1.00 bits per heavy atom. The summed E-state index contributed by atoms with van der Waals surface area (Å²) in [6.45, 7) is 28.3. The van der Waals surface area contributed by atoms with Crippen molar-refractivity contribution in [3.63, 3.8) is 0 Å². The number of ether oxygens (including phenoxy) is 1. The van der Waals surface area contributed by atoms with Gasteiger partial charge in [-0.15, -0.1) is 11.5 Å². The van der Waals surface area contributed by atoms with E-state index >= 15 is 4.39 Å². The van der Waals surface area contributed by atoms with E-state index in [4.69, 9.17) is 14.5 Å². The molecular formula is C58H79FN8O5. The molecule has 8 rings (SSSR count). The summed E-state index contributed by atoms with van der Waals surface area (Å²) in [5.74, 6) is 1.13. The van der Waals surface area contributed by atoms with Gasteiger partial charge in [0.15, 0.2) is 11.6 Å². The van der Waals surface area contributed by atoms with Crippen LogP contribution in [0.5, 0.6) is 0 Å². The van der Waals surface area contributed by atoms with Gasteiger partial charge in [-0.05, 0) is 117 Å². The molecule has 1 atom stereocenters. The van der Waals surface area contributed by atoms with Gasteiger partial charge >= 0.3 is 0 Å². The van der Waals surface area contributed by atoms with E-state index in [-0.39, 0.29) is 42.2 Å². The van der Waals surface area contributed by atoms with E-state index in [1.165, 1.54) is 19.1 Å². The largest absolute Gasteiger partial charge is 0.494 e. The zero-order valence-electron chi connectivity index (χ0n) is 41.6. The molecule has 72 heavy (non-hydrogen) atoms. The minimum absolute atomic E-state index is 0. The zero-order chi connectivity index (χ0) is 50.6. The van der Waals surface area contributed by atoms with E-state index in [0.717, 1.165) is 110 Å². The van der Waals surface area contributed by atoms with Crippen LogP contribution in [0, 0.1) is 11.7 Å². The Morgan fingerprint density at radius 3 is 2.43 bits per heavy atom. The van der Waals surface area contributed by atoms with E-state index in [1.807, 2.05) is 37.4 Å². The monoisotopic (exact) mass is 987 g/mol. The number of nitrogens with zero attached hydrogens (tertiary/aromatic N) is 6. The van der Waals surface area contributed by atoms with E-state index in [1.54, 1.807) is 12.1 Å². The number of hydrogen-bond donors (Lipinski definition) is 2. The van der Waals surface area contributed by atoms with E-state index in [0.29, 0.717) is 98.8 Å². The van der Waals surface area contributed by atoms with Crippen molar-refractivity contribution >= 4 is 41.0 Å². The minimum atomic E-state index is -0.325. The Morgan fingerprint density at radius 2 is 1.76 bits per heavy atom. The lowest BCUT2D eigenvalue weighted by molar-refractivity contribution is -0.119. The summed E-state index contributed by atoms with van der Waals surface area (Å²) in [6.07, 6.45) is 10.1. The Bertz CT molecular complexity index is 2730. The summed E-state index contributed by atoms with van der Waals surface area (Å²) in [5.41, 5.74) is 16.1. The molecule has 0 bridgehead atoms. The highest BCUT2D eigenvalue weighted by Gasteiger charge is 2.35. The fraction of sp³-hybridized carbons (Fsp3) is 0.414. The predicted octanol–water partition coefficient (Wildman–Crippen LogP) is 10.4. The van der Waals surface area contributed by atoms with Gasteiger partial charge in [-0.1, -0.05) is 39.8 Å². The standard InChI is InChI=1S/C54H63FN8O4.C3H4O.CH4.4H2/c1-7-38-11-16-46(65)17-12-39(38)13-19-52(66)48-30-44(15-18-47(48)36(5)64)63-32-45(33-63)61-25-23-60(24-26-61)43(8-2)28-40-10-14-42(29-49(40)55)58-54-57-31-41-20-22-62(34-50(41)59-54)51(9-3)35(4)53-37(6)67-27-21-56-53;1-2-3-4;;;;;/h9-10,14-15,18,29-31,39,45,56H,1-3,11-13,16-17,19-28,32-34H2,4-6H3,(H,57,58,59);2-3H,1H2;1H4;4*1H/b51-35+;;;;;;. The molecule has 3 aromatic rings. The van der Waals surface area contributed by atoms with Gasteiger partial charge in [-0.25, -0.2) is 14.4 Å². The Labute approximate surface area is 431 Å². The van der Waals surface area contributed by atoms with Crippen molar-refractivity contribution in [1.82, 2.24) is 30.0 Å². The number of ketones is 3.